The van der Waals surface area contributed by atoms with Crippen molar-refractivity contribution in [2.75, 3.05) is 4.43 Å². The highest BCUT2D eigenvalue weighted by atomic mass is 127. The third-order valence-corrected chi connectivity index (χ3v) is 1.28. The van der Waals surface area contributed by atoms with Gasteiger partial charge in [0, 0.05) is 0 Å². The van der Waals surface area contributed by atoms with Crippen LogP contribution in [0.1, 0.15) is 26.2 Å². The first-order valence-corrected chi connectivity index (χ1v) is 4.71. The van der Waals surface area contributed by atoms with Gasteiger partial charge in [-0.2, -0.15) is 0 Å². The molecular formula is C8H11I. The van der Waals surface area contributed by atoms with E-state index < -0.39 is 0 Å². The van der Waals surface area contributed by atoms with Crippen LogP contribution in [0.4, 0.5) is 0 Å². The van der Waals surface area contributed by atoms with E-state index in [-0.39, 0.29) is 0 Å². The van der Waals surface area contributed by atoms with Crippen LogP contribution in [0.5, 0.6) is 0 Å². The van der Waals surface area contributed by atoms with Crippen molar-refractivity contribution in [2.24, 2.45) is 0 Å². The van der Waals surface area contributed by atoms with Gasteiger partial charge in [0.15, 0.2) is 0 Å². The molecular weight excluding hydrogens is 223 g/mol. The first-order valence-electron chi connectivity index (χ1n) is 3.18. The molecule has 0 aliphatic carbocycles. The van der Waals surface area contributed by atoms with E-state index in [4.69, 9.17) is 0 Å². The van der Waals surface area contributed by atoms with Crippen molar-refractivity contribution in [1.29, 1.82) is 0 Å². The second kappa shape index (κ2) is 8.29. The van der Waals surface area contributed by atoms with Crippen LogP contribution >= 0.6 is 22.6 Å². The van der Waals surface area contributed by atoms with Crippen LogP contribution in [0, 0.1) is 18.3 Å². The van der Waals surface area contributed by atoms with Crippen molar-refractivity contribution in [3.63, 3.8) is 0 Å². The highest BCUT2D eigenvalue weighted by Crippen LogP contribution is 1.95. The summed E-state index contributed by atoms with van der Waals surface area (Å²) < 4.78 is 0.914. The fourth-order valence-corrected chi connectivity index (χ4v) is 0.614. The van der Waals surface area contributed by atoms with Crippen molar-refractivity contribution < 1.29 is 0 Å². The standard InChI is InChI=1S/C8H11I/c1-2-3-4-5-6-7-8-9/h2-4,8H2,1H3. The molecule has 50 valence electrons. The van der Waals surface area contributed by atoms with Crippen LogP contribution in [-0.2, 0) is 0 Å². The number of hydrogen-bond acceptors (Lipinski definition) is 0. The molecule has 0 saturated carbocycles. The molecule has 0 saturated heterocycles. The van der Waals surface area contributed by atoms with Gasteiger partial charge in [0.2, 0.25) is 0 Å². The molecule has 0 amide bonds. The van der Waals surface area contributed by atoms with Crippen LogP contribution in [0.15, 0.2) is 0 Å². The van der Waals surface area contributed by atoms with Crippen molar-refractivity contribution in [2.45, 2.75) is 26.2 Å². The molecule has 0 atom stereocenters. The Kier molecular flexibility index (Phi) is 8.56. The van der Waals surface area contributed by atoms with Crippen LogP contribution < -0.4 is 0 Å². The van der Waals surface area contributed by atoms with E-state index in [0.29, 0.717) is 0 Å². The highest BCUT2D eigenvalue weighted by molar-refractivity contribution is 14.1. The molecule has 0 aromatic heterocycles. The zero-order valence-electron chi connectivity index (χ0n) is 5.71. The van der Waals surface area contributed by atoms with Crippen LogP contribution in [0.2, 0.25) is 0 Å². The van der Waals surface area contributed by atoms with Crippen LogP contribution in [0.3, 0.4) is 0 Å². The minimum Gasteiger partial charge on any atom is -0.0924 e. The Balaban J connectivity index is 2.90. The number of rotatable bonds is 3. The minimum atomic E-state index is 0.914. The zero-order valence-corrected chi connectivity index (χ0v) is 7.86. The zero-order chi connectivity index (χ0) is 6.95. The number of hydrogen-bond donors (Lipinski definition) is 0. The average molecular weight is 234 g/mol. The van der Waals surface area contributed by atoms with Crippen molar-refractivity contribution >= 4 is 22.6 Å². The fourth-order valence-electron chi connectivity index (χ4n) is 0.424. The molecule has 0 fully saturated rings. The van der Waals surface area contributed by atoms with Gasteiger partial charge in [-0.1, -0.05) is 54.2 Å². The summed E-state index contributed by atoms with van der Waals surface area (Å²) in [5.41, 5.74) is 0. The Morgan fingerprint density at radius 2 is 2.22 bits per heavy atom. The Bertz CT molecular complexity index is 96.9. The van der Waals surface area contributed by atoms with Crippen molar-refractivity contribution in [3.05, 3.63) is 6.42 Å². The summed E-state index contributed by atoms with van der Waals surface area (Å²) in [4.78, 5) is 0. The molecule has 0 heterocycles. The van der Waals surface area contributed by atoms with Gasteiger partial charge in [0.25, 0.3) is 0 Å². The molecule has 1 heteroatoms. The molecule has 0 aliphatic heterocycles. The summed E-state index contributed by atoms with van der Waals surface area (Å²) in [6.07, 6.45) is 6.50. The molecule has 0 unspecified atom stereocenters. The lowest BCUT2D eigenvalue weighted by Crippen LogP contribution is -1.72. The highest BCUT2D eigenvalue weighted by Gasteiger charge is 1.80. The molecule has 0 rings (SSSR count). The lowest BCUT2D eigenvalue weighted by atomic mass is 10.2. The van der Waals surface area contributed by atoms with E-state index >= 15 is 0 Å². The van der Waals surface area contributed by atoms with E-state index in [1.165, 1.54) is 12.8 Å². The third-order valence-electron chi connectivity index (χ3n) is 0.899. The van der Waals surface area contributed by atoms with Gasteiger partial charge in [-0.05, 0) is 6.42 Å². The third kappa shape index (κ3) is 8.29. The minimum absolute atomic E-state index is 0.914. The maximum atomic E-state index is 3.02. The number of halogens is 1. The largest absolute Gasteiger partial charge is 0.0924 e. The molecule has 0 aromatic carbocycles. The number of alkyl halides is 1. The predicted molar refractivity (Wildman–Crippen MR) is 49.4 cm³/mol. The predicted octanol–water partition coefficient (Wildman–Crippen LogP) is 2.70. The molecule has 0 N–H and O–H groups in total. The van der Waals surface area contributed by atoms with Gasteiger partial charge in [0.05, 0.1) is 10.8 Å². The second-order valence-electron chi connectivity index (χ2n) is 1.72. The van der Waals surface area contributed by atoms with E-state index in [0.717, 1.165) is 10.8 Å². The van der Waals surface area contributed by atoms with Gasteiger partial charge in [-0.3, -0.25) is 0 Å². The monoisotopic (exact) mass is 234 g/mol. The SMILES string of the molecule is CCCC[C]C#CCI. The first-order chi connectivity index (χ1) is 4.41. The quantitative estimate of drug-likeness (QED) is 0.305. The second-order valence-corrected chi connectivity index (χ2v) is 2.48. The molecule has 0 nitrogen and oxygen atoms in total. The maximum Gasteiger partial charge on any atom is 0.0675 e. The topological polar surface area (TPSA) is 0 Å². The van der Waals surface area contributed by atoms with E-state index in [1.54, 1.807) is 0 Å². The first kappa shape index (κ1) is 9.29. The lowest BCUT2D eigenvalue weighted by Gasteiger charge is -1.85. The Hall–Kier alpha value is 0.290. The fraction of sp³-hybridized carbons (Fsp3) is 0.625. The molecule has 0 bridgehead atoms. The summed E-state index contributed by atoms with van der Waals surface area (Å²) in [5.74, 6) is 5.80. The normalized spacial score (nSPS) is 8.22. The summed E-state index contributed by atoms with van der Waals surface area (Å²) in [7, 11) is 0. The summed E-state index contributed by atoms with van der Waals surface area (Å²) in [5, 5.41) is 0. The summed E-state index contributed by atoms with van der Waals surface area (Å²) >= 11 is 2.23. The maximum absolute atomic E-state index is 3.02. The molecule has 0 aliphatic rings. The van der Waals surface area contributed by atoms with E-state index in [9.17, 15) is 0 Å². The van der Waals surface area contributed by atoms with E-state index in [1.807, 2.05) is 0 Å². The van der Waals surface area contributed by atoms with Gasteiger partial charge in [-0.15, -0.1) is 0 Å². The van der Waals surface area contributed by atoms with Gasteiger partial charge < -0.3 is 0 Å². The number of unbranched alkanes of at least 4 members (excludes halogenated alkanes) is 3. The smallest absolute Gasteiger partial charge is 0.0675 e. The Morgan fingerprint density at radius 3 is 2.78 bits per heavy atom. The van der Waals surface area contributed by atoms with E-state index in [2.05, 4.69) is 47.8 Å². The molecule has 2 radical (unpaired) electrons. The van der Waals surface area contributed by atoms with Gasteiger partial charge in [-0.25, -0.2) is 0 Å². The van der Waals surface area contributed by atoms with Crippen molar-refractivity contribution in [1.82, 2.24) is 0 Å². The van der Waals surface area contributed by atoms with Gasteiger partial charge in [0.1, 0.15) is 0 Å². The average Bonchev–Trinajstić information content (AvgIpc) is 1.89. The molecule has 0 spiro atoms. The molecule has 0 aromatic rings. The molecule has 9 heavy (non-hydrogen) atoms. The summed E-state index contributed by atoms with van der Waals surface area (Å²) in [6.45, 7) is 2.17. The Labute approximate surface area is 71.6 Å². The van der Waals surface area contributed by atoms with Crippen LogP contribution in [0.25, 0.3) is 0 Å². The summed E-state index contributed by atoms with van der Waals surface area (Å²) in [6, 6.07) is 0. The van der Waals surface area contributed by atoms with Crippen molar-refractivity contribution in [3.8, 4) is 11.8 Å². The van der Waals surface area contributed by atoms with Gasteiger partial charge >= 0.3 is 0 Å². The van der Waals surface area contributed by atoms with Crippen LogP contribution in [-0.4, -0.2) is 4.43 Å². The lowest BCUT2D eigenvalue weighted by molar-refractivity contribution is 0.798. The Morgan fingerprint density at radius 1 is 1.44 bits per heavy atom.